The maximum Gasteiger partial charge on any atom is 0.322 e. The number of carbonyl (C=O) groups is 2. The summed E-state index contributed by atoms with van der Waals surface area (Å²) in [4.78, 5) is 24.2. The molecule has 0 aliphatic heterocycles. The fraction of sp³-hybridized carbons (Fsp3) is 0.286. The van der Waals surface area contributed by atoms with Crippen molar-refractivity contribution in [2.45, 2.75) is 12.5 Å². The number of rotatable bonds is 3. The number of phenols is 1. The predicted octanol–water partition coefficient (Wildman–Crippen LogP) is 1.57. The zero-order chi connectivity index (χ0) is 14.7. The Labute approximate surface area is 116 Å². The number of carbonyl (C=O) groups excluding carboxylic acids is 1. The van der Waals surface area contributed by atoms with Gasteiger partial charge in [0.2, 0.25) is 0 Å². The summed E-state index contributed by atoms with van der Waals surface area (Å²) in [6, 6.07) is 5.70. The van der Waals surface area contributed by atoms with Gasteiger partial charge in [-0.15, -0.1) is 0 Å². The van der Waals surface area contributed by atoms with Crippen LogP contribution in [0.1, 0.15) is 6.42 Å². The zero-order valence-corrected chi connectivity index (χ0v) is 11.0. The van der Waals surface area contributed by atoms with E-state index in [0.717, 1.165) is 0 Å². The first-order valence-electron chi connectivity index (χ1n) is 6.22. The summed E-state index contributed by atoms with van der Waals surface area (Å²) in [5, 5.41) is 21.0. The summed E-state index contributed by atoms with van der Waals surface area (Å²) >= 11 is 0. The van der Waals surface area contributed by atoms with Gasteiger partial charge in [-0.25, -0.2) is 4.79 Å². The van der Waals surface area contributed by atoms with E-state index < -0.39 is 11.9 Å². The molecule has 0 bridgehead atoms. The number of carboxylic acids is 1. The largest absolute Gasteiger partial charge is 0.508 e. The van der Waals surface area contributed by atoms with Gasteiger partial charge in [-0.3, -0.25) is 9.69 Å². The molecule has 0 saturated heterocycles. The first-order chi connectivity index (χ1) is 9.47. The van der Waals surface area contributed by atoms with Crippen LogP contribution in [-0.2, 0) is 4.79 Å². The highest BCUT2D eigenvalue weighted by molar-refractivity contribution is 5.92. The highest BCUT2D eigenvalue weighted by atomic mass is 16.4. The molecular weight excluding hydrogens is 260 g/mol. The normalized spacial score (nSPS) is 20.6. The van der Waals surface area contributed by atoms with Crippen LogP contribution in [0, 0.1) is 5.92 Å². The lowest BCUT2D eigenvalue weighted by Crippen LogP contribution is -2.42. The fourth-order valence-electron chi connectivity index (χ4n) is 2.06. The number of amides is 2. The smallest absolute Gasteiger partial charge is 0.322 e. The van der Waals surface area contributed by atoms with Gasteiger partial charge in [-0.1, -0.05) is 18.2 Å². The van der Waals surface area contributed by atoms with Gasteiger partial charge in [0.25, 0.3) is 0 Å². The van der Waals surface area contributed by atoms with Crippen molar-refractivity contribution >= 4 is 17.7 Å². The van der Waals surface area contributed by atoms with E-state index >= 15 is 0 Å². The first kappa shape index (κ1) is 13.9. The molecule has 0 fully saturated rings. The number of carboxylic acid groups (broad SMARTS) is 1. The number of nitrogens with zero attached hydrogens (tertiary/aromatic N) is 1. The number of phenolic OH excluding ortho intramolecular Hbond substituents is 1. The molecule has 0 saturated carbocycles. The Hall–Kier alpha value is -2.50. The number of hydrogen-bond acceptors (Lipinski definition) is 3. The Bertz CT molecular complexity index is 556. The summed E-state index contributed by atoms with van der Waals surface area (Å²) in [5.74, 6) is -1.36. The average Bonchev–Trinajstić information content (AvgIpc) is 2.86. The Morgan fingerprint density at radius 3 is 2.70 bits per heavy atom. The molecule has 3 N–H and O–H groups in total. The lowest BCUT2D eigenvalue weighted by atomic mass is 10.1. The average molecular weight is 276 g/mol. The van der Waals surface area contributed by atoms with Gasteiger partial charge in [0, 0.05) is 18.8 Å². The van der Waals surface area contributed by atoms with E-state index in [1.54, 1.807) is 31.3 Å². The summed E-state index contributed by atoms with van der Waals surface area (Å²) < 4.78 is 0. The molecule has 0 aromatic heterocycles. The number of aliphatic carboxylic acids is 1. The van der Waals surface area contributed by atoms with E-state index in [2.05, 4.69) is 5.32 Å². The highest BCUT2D eigenvalue weighted by Crippen LogP contribution is 2.21. The number of anilines is 1. The van der Waals surface area contributed by atoms with E-state index in [1.165, 1.54) is 17.0 Å². The van der Waals surface area contributed by atoms with Gasteiger partial charge < -0.3 is 15.5 Å². The highest BCUT2D eigenvalue weighted by Gasteiger charge is 2.26. The van der Waals surface area contributed by atoms with Crippen molar-refractivity contribution in [3.8, 4) is 5.75 Å². The van der Waals surface area contributed by atoms with E-state index in [-0.39, 0.29) is 17.8 Å². The number of hydrogen-bond donors (Lipinski definition) is 3. The third kappa shape index (κ3) is 3.09. The van der Waals surface area contributed by atoms with Crippen LogP contribution in [0.3, 0.4) is 0 Å². The molecule has 1 aromatic carbocycles. The van der Waals surface area contributed by atoms with Crippen molar-refractivity contribution in [1.82, 2.24) is 5.32 Å². The van der Waals surface area contributed by atoms with Crippen molar-refractivity contribution in [3.05, 3.63) is 36.4 Å². The number of benzene rings is 1. The Balaban J connectivity index is 1.96. The standard InChI is InChI=1S/C14H16N2O4/c1-16(11-3-2-4-12(17)8-11)14(20)15-10-6-5-9(7-10)13(18)19/h2-6,8-10,17H,7H2,1H3,(H,15,20)(H,18,19). The van der Waals surface area contributed by atoms with Crippen LogP contribution in [0.4, 0.5) is 10.5 Å². The fourth-order valence-corrected chi connectivity index (χ4v) is 2.06. The second-order valence-corrected chi connectivity index (χ2v) is 4.70. The quantitative estimate of drug-likeness (QED) is 0.731. The van der Waals surface area contributed by atoms with Crippen LogP contribution < -0.4 is 10.2 Å². The molecule has 2 amide bonds. The van der Waals surface area contributed by atoms with Crippen molar-refractivity contribution in [2.75, 3.05) is 11.9 Å². The minimum Gasteiger partial charge on any atom is -0.508 e. The maximum atomic E-state index is 12.0. The topological polar surface area (TPSA) is 89.9 Å². The molecule has 2 unspecified atom stereocenters. The van der Waals surface area contributed by atoms with Crippen molar-refractivity contribution in [1.29, 1.82) is 0 Å². The van der Waals surface area contributed by atoms with Crippen LogP contribution in [0.15, 0.2) is 36.4 Å². The molecule has 106 valence electrons. The second kappa shape index (κ2) is 5.64. The van der Waals surface area contributed by atoms with Crippen LogP contribution >= 0.6 is 0 Å². The summed E-state index contributed by atoms with van der Waals surface area (Å²) in [6.45, 7) is 0. The third-order valence-electron chi connectivity index (χ3n) is 3.23. The van der Waals surface area contributed by atoms with E-state index in [9.17, 15) is 14.7 Å². The summed E-state index contributed by atoms with van der Waals surface area (Å²) in [6.07, 6.45) is 3.63. The van der Waals surface area contributed by atoms with E-state index in [0.29, 0.717) is 12.1 Å². The minimum atomic E-state index is -0.890. The van der Waals surface area contributed by atoms with Crippen LogP contribution in [-0.4, -0.2) is 35.3 Å². The Morgan fingerprint density at radius 2 is 2.10 bits per heavy atom. The van der Waals surface area contributed by atoms with Gasteiger partial charge >= 0.3 is 12.0 Å². The van der Waals surface area contributed by atoms with Crippen molar-refractivity contribution in [3.63, 3.8) is 0 Å². The van der Waals surface area contributed by atoms with Crippen LogP contribution in [0.25, 0.3) is 0 Å². The number of nitrogens with one attached hydrogen (secondary N) is 1. The Morgan fingerprint density at radius 1 is 1.35 bits per heavy atom. The number of aromatic hydroxyl groups is 1. The van der Waals surface area contributed by atoms with Gasteiger partial charge in [0.05, 0.1) is 12.0 Å². The molecule has 6 heteroatoms. The van der Waals surface area contributed by atoms with Crippen LogP contribution in [0.2, 0.25) is 0 Å². The molecule has 2 rings (SSSR count). The molecule has 20 heavy (non-hydrogen) atoms. The summed E-state index contributed by atoms with van der Waals surface area (Å²) in [5.41, 5.74) is 0.555. The van der Waals surface area contributed by atoms with Gasteiger partial charge in [-0.2, -0.15) is 0 Å². The van der Waals surface area contributed by atoms with E-state index in [1.807, 2.05) is 0 Å². The molecule has 0 heterocycles. The van der Waals surface area contributed by atoms with Gasteiger partial charge in [0.1, 0.15) is 5.75 Å². The van der Waals surface area contributed by atoms with Crippen molar-refractivity contribution < 1.29 is 19.8 Å². The molecule has 0 radical (unpaired) electrons. The van der Waals surface area contributed by atoms with Gasteiger partial charge in [-0.05, 0) is 18.6 Å². The molecule has 1 aromatic rings. The Kier molecular flexibility index (Phi) is 3.93. The third-order valence-corrected chi connectivity index (χ3v) is 3.23. The SMILES string of the molecule is CN(C(=O)NC1C=CC(C(=O)O)C1)c1cccc(O)c1. The molecule has 0 spiro atoms. The predicted molar refractivity (Wildman–Crippen MR) is 73.7 cm³/mol. The lowest BCUT2D eigenvalue weighted by molar-refractivity contribution is -0.140. The minimum absolute atomic E-state index is 0.0776. The monoisotopic (exact) mass is 276 g/mol. The maximum absolute atomic E-state index is 12.0. The molecule has 6 nitrogen and oxygen atoms in total. The molecule has 1 aliphatic rings. The summed E-state index contributed by atoms with van der Waals surface area (Å²) in [7, 11) is 1.58. The van der Waals surface area contributed by atoms with Gasteiger partial charge in [0.15, 0.2) is 0 Å². The lowest BCUT2D eigenvalue weighted by Gasteiger charge is -2.21. The zero-order valence-electron chi connectivity index (χ0n) is 11.0. The molecule has 1 aliphatic carbocycles. The number of urea groups is 1. The first-order valence-corrected chi connectivity index (χ1v) is 6.22. The molecular formula is C14H16N2O4. The second-order valence-electron chi connectivity index (χ2n) is 4.70. The van der Waals surface area contributed by atoms with E-state index in [4.69, 9.17) is 5.11 Å². The van der Waals surface area contributed by atoms with Crippen molar-refractivity contribution in [2.24, 2.45) is 5.92 Å². The van der Waals surface area contributed by atoms with Crippen LogP contribution in [0.5, 0.6) is 5.75 Å². The molecule has 2 atom stereocenters.